The van der Waals surface area contributed by atoms with Crippen molar-refractivity contribution in [3.63, 3.8) is 0 Å². The first-order valence-corrected chi connectivity index (χ1v) is 6.93. The maximum Gasteiger partial charge on any atom is 0.338 e. The van der Waals surface area contributed by atoms with Gasteiger partial charge in [0.2, 0.25) is 0 Å². The molecule has 0 saturated heterocycles. The van der Waals surface area contributed by atoms with Gasteiger partial charge in [0, 0.05) is 23.8 Å². The zero-order valence-corrected chi connectivity index (χ0v) is 11.7. The summed E-state index contributed by atoms with van der Waals surface area (Å²) in [6.07, 6.45) is 0.927. The summed E-state index contributed by atoms with van der Waals surface area (Å²) in [5, 5.41) is 9.01. The lowest BCUT2D eigenvalue weighted by Crippen LogP contribution is -2.29. The molecule has 1 unspecified atom stereocenters. The van der Waals surface area contributed by atoms with Crippen molar-refractivity contribution in [2.24, 2.45) is 0 Å². The standard InChI is InChI=1S/C17H16FNO2/c1-11-9-12-5-2-3-8-15(12)19(11)10-13-6-4-7-14(16(13)18)17(20)21/h2-8,11H,9-10H2,1H3,(H,20,21). The monoisotopic (exact) mass is 285 g/mol. The second-order valence-corrected chi connectivity index (χ2v) is 5.39. The van der Waals surface area contributed by atoms with Crippen molar-refractivity contribution < 1.29 is 14.3 Å². The zero-order chi connectivity index (χ0) is 15.0. The van der Waals surface area contributed by atoms with E-state index in [2.05, 4.69) is 17.9 Å². The number of anilines is 1. The Kier molecular flexibility index (Phi) is 3.37. The topological polar surface area (TPSA) is 40.5 Å². The van der Waals surface area contributed by atoms with Crippen LogP contribution in [0, 0.1) is 5.82 Å². The lowest BCUT2D eigenvalue weighted by molar-refractivity contribution is 0.0691. The lowest BCUT2D eigenvalue weighted by Gasteiger charge is -2.25. The molecule has 1 heterocycles. The molecular formula is C17H16FNO2. The van der Waals surface area contributed by atoms with E-state index in [1.165, 1.54) is 11.6 Å². The van der Waals surface area contributed by atoms with Crippen LogP contribution in [0.3, 0.4) is 0 Å². The van der Waals surface area contributed by atoms with Crippen molar-refractivity contribution in [3.05, 3.63) is 65.0 Å². The van der Waals surface area contributed by atoms with Crippen LogP contribution in [0.4, 0.5) is 10.1 Å². The van der Waals surface area contributed by atoms with Gasteiger partial charge < -0.3 is 10.0 Å². The minimum absolute atomic E-state index is 0.271. The van der Waals surface area contributed by atoms with Crippen LogP contribution in [-0.2, 0) is 13.0 Å². The first-order chi connectivity index (χ1) is 10.1. The molecule has 3 nitrogen and oxygen atoms in total. The summed E-state index contributed by atoms with van der Waals surface area (Å²) in [5.74, 6) is -1.87. The molecule has 0 aromatic heterocycles. The van der Waals surface area contributed by atoms with Gasteiger partial charge in [0.1, 0.15) is 5.82 Å². The van der Waals surface area contributed by atoms with Crippen LogP contribution in [-0.4, -0.2) is 17.1 Å². The summed E-state index contributed by atoms with van der Waals surface area (Å²) in [4.78, 5) is 13.1. The molecule has 0 fully saturated rings. The summed E-state index contributed by atoms with van der Waals surface area (Å²) >= 11 is 0. The van der Waals surface area contributed by atoms with Gasteiger partial charge in [0.15, 0.2) is 0 Å². The van der Waals surface area contributed by atoms with Crippen molar-refractivity contribution in [1.29, 1.82) is 0 Å². The summed E-state index contributed by atoms with van der Waals surface area (Å²) in [5.41, 5.74) is 2.50. The third kappa shape index (κ3) is 2.37. The Balaban J connectivity index is 1.94. The van der Waals surface area contributed by atoms with Crippen LogP contribution in [0.1, 0.15) is 28.4 Å². The molecule has 0 bridgehead atoms. The first-order valence-electron chi connectivity index (χ1n) is 6.93. The number of rotatable bonds is 3. The Bertz CT molecular complexity index is 699. The number of carboxylic acids is 1. The van der Waals surface area contributed by atoms with Gasteiger partial charge in [-0.15, -0.1) is 0 Å². The smallest absolute Gasteiger partial charge is 0.338 e. The fourth-order valence-electron chi connectivity index (χ4n) is 2.92. The molecule has 108 valence electrons. The largest absolute Gasteiger partial charge is 0.478 e. The van der Waals surface area contributed by atoms with Crippen molar-refractivity contribution in [2.75, 3.05) is 4.90 Å². The molecule has 0 spiro atoms. The normalized spacial score (nSPS) is 16.9. The van der Waals surface area contributed by atoms with Gasteiger partial charge in [0.05, 0.1) is 5.56 Å². The van der Waals surface area contributed by atoms with Gasteiger partial charge in [-0.3, -0.25) is 0 Å². The fourth-order valence-corrected chi connectivity index (χ4v) is 2.92. The summed E-state index contributed by atoms with van der Waals surface area (Å²) in [7, 11) is 0. The van der Waals surface area contributed by atoms with E-state index >= 15 is 0 Å². The Morgan fingerprint density at radius 2 is 2.05 bits per heavy atom. The molecule has 4 heteroatoms. The first kappa shape index (κ1) is 13.6. The average Bonchev–Trinajstić information content (AvgIpc) is 2.77. The number of carbonyl (C=O) groups is 1. The maximum atomic E-state index is 14.3. The molecular weight excluding hydrogens is 269 g/mol. The van der Waals surface area contributed by atoms with Crippen molar-refractivity contribution in [3.8, 4) is 0 Å². The molecule has 0 aliphatic carbocycles. The number of aromatic carboxylic acids is 1. The Morgan fingerprint density at radius 1 is 1.29 bits per heavy atom. The van der Waals surface area contributed by atoms with Crippen LogP contribution in [0.2, 0.25) is 0 Å². The second kappa shape index (κ2) is 5.20. The van der Waals surface area contributed by atoms with Crippen molar-refractivity contribution in [1.82, 2.24) is 0 Å². The highest BCUT2D eigenvalue weighted by atomic mass is 19.1. The molecule has 0 radical (unpaired) electrons. The van der Waals surface area contributed by atoms with Gasteiger partial charge in [-0.1, -0.05) is 30.3 Å². The quantitative estimate of drug-likeness (QED) is 0.938. The molecule has 0 amide bonds. The minimum atomic E-state index is -1.23. The molecule has 0 saturated carbocycles. The number of halogens is 1. The molecule has 3 rings (SSSR count). The molecule has 2 aromatic carbocycles. The van der Waals surface area contributed by atoms with E-state index in [9.17, 15) is 9.18 Å². The fraction of sp³-hybridized carbons (Fsp3) is 0.235. The van der Waals surface area contributed by atoms with Crippen LogP contribution in [0.5, 0.6) is 0 Å². The van der Waals surface area contributed by atoms with Crippen LogP contribution in [0.25, 0.3) is 0 Å². The number of hydrogen-bond acceptors (Lipinski definition) is 2. The number of fused-ring (bicyclic) bond motifs is 1. The van der Waals surface area contributed by atoms with Gasteiger partial charge in [-0.25, -0.2) is 9.18 Å². The van der Waals surface area contributed by atoms with E-state index in [1.54, 1.807) is 12.1 Å². The van der Waals surface area contributed by atoms with Gasteiger partial charge in [-0.05, 0) is 31.0 Å². The van der Waals surface area contributed by atoms with E-state index < -0.39 is 11.8 Å². The van der Waals surface area contributed by atoms with E-state index in [0.29, 0.717) is 12.1 Å². The predicted octanol–water partition coefficient (Wildman–Crippen LogP) is 3.48. The van der Waals surface area contributed by atoms with Crippen LogP contribution in [0.15, 0.2) is 42.5 Å². The summed E-state index contributed by atoms with van der Waals surface area (Å²) in [6, 6.07) is 12.9. The molecule has 1 N–H and O–H groups in total. The average molecular weight is 285 g/mol. The molecule has 1 atom stereocenters. The Labute approximate surface area is 122 Å². The highest BCUT2D eigenvalue weighted by Gasteiger charge is 2.26. The third-order valence-corrected chi connectivity index (χ3v) is 4.00. The van der Waals surface area contributed by atoms with E-state index in [0.717, 1.165) is 12.1 Å². The van der Waals surface area contributed by atoms with Gasteiger partial charge >= 0.3 is 5.97 Å². The molecule has 1 aliphatic rings. The third-order valence-electron chi connectivity index (χ3n) is 4.00. The molecule has 1 aliphatic heterocycles. The number of carboxylic acid groups (broad SMARTS) is 1. The predicted molar refractivity (Wildman–Crippen MR) is 79.2 cm³/mol. The molecule has 21 heavy (non-hydrogen) atoms. The minimum Gasteiger partial charge on any atom is -0.478 e. The summed E-state index contributed by atoms with van der Waals surface area (Å²) in [6.45, 7) is 2.48. The van der Waals surface area contributed by atoms with E-state index in [4.69, 9.17) is 5.11 Å². The number of para-hydroxylation sites is 1. The van der Waals surface area contributed by atoms with Crippen molar-refractivity contribution >= 4 is 11.7 Å². The Hall–Kier alpha value is -2.36. The second-order valence-electron chi connectivity index (χ2n) is 5.39. The lowest BCUT2D eigenvalue weighted by atomic mass is 10.1. The van der Waals surface area contributed by atoms with Gasteiger partial charge in [0.25, 0.3) is 0 Å². The number of benzene rings is 2. The Morgan fingerprint density at radius 3 is 2.81 bits per heavy atom. The zero-order valence-electron chi connectivity index (χ0n) is 11.7. The number of hydrogen-bond donors (Lipinski definition) is 1. The SMILES string of the molecule is CC1Cc2ccccc2N1Cc1cccc(C(=O)O)c1F. The van der Waals surface area contributed by atoms with Gasteiger partial charge in [-0.2, -0.15) is 0 Å². The van der Waals surface area contributed by atoms with E-state index in [-0.39, 0.29) is 11.6 Å². The molecule has 2 aromatic rings. The summed E-state index contributed by atoms with van der Waals surface area (Å²) < 4.78 is 14.3. The highest BCUT2D eigenvalue weighted by molar-refractivity contribution is 5.88. The highest BCUT2D eigenvalue weighted by Crippen LogP contribution is 2.33. The maximum absolute atomic E-state index is 14.3. The van der Waals surface area contributed by atoms with Crippen LogP contribution >= 0.6 is 0 Å². The number of nitrogens with zero attached hydrogens (tertiary/aromatic N) is 1. The van der Waals surface area contributed by atoms with Crippen LogP contribution < -0.4 is 4.90 Å². The van der Waals surface area contributed by atoms with Crippen molar-refractivity contribution in [2.45, 2.75) is 25.9 Å². The van der Waals surface area contributed by atoms with E-state index in [1.807, 2.05) is 18.2 Å².